The Kier molecular flexibility index (Phi) is 4.31. The molecule has 25 heavy (non-hydrogen) atoms. The van der Waals surface area contributed by atoms with Gasteiger partial charge in [-0.2, -0.15) is 0 Å². The first-order valence-electron chi connectivity index (χ1n) is 7.94. The van der Waals surface area contributed by atoms with Crippen LogP contribution in [-0.4, -0.2) is 23.0 Å². The summed E-state index contributed by atoms with van der Waals surface area (Å²) in [5.74, 6) is -1.09. The number of benzene rings is 2. The van der Waals surface area contributed by atoms with Gasteiger partial charge in [-0.15, -0.1) is 0 Å². The molecule has 0 radical (unpaired) electrons. The molecule has 0 bridgehead atoms. The second-order valence-corrected chi connectivity index (χ2v) is 7.12. The van der Waals surface area contributed by atoms with E-state index in [1.54, 1.807) is 35.2 Å². The molecule has 5 nitrogen and oxygen atoms in total. The van der Waals surface area contributed by atoms with Crippen molar-refractivity contribution in [1.82, 2.24) is 0 Å². The Labute approximate surface area is 151 Å². The molecule has 0 aromatic heterocycles. The Morgan fingerprint density at radius 1 is 1.24 bits per heavy atom. The first kappa shape index (κ1) is 17.5. The topological polar surface area (TPSA) is 83.6 Å². The maximum absolute atomic E-state index is 13.0. The lowest BCUT2D eigenvalue weighted by Gasteiger charge is -2.21. The van der Waals surface area contributed by atoms with Crippen LogP contribution in [0.25, 0.3) is 0 Å². The van der Waals surface area contributed by atoms with E-state index in [2.05, 4.69) is 0 Å². The zero-order chi connectivity index (χ0) is 18.4. The molecule has 6 heteroatoms. The fourth-order valence-electron chi connectivity index (χ4n) is 3.11. The molecule has 1 aliphatic rings. The lowest BCUT2D eigenvalue weighted by molar-refractivity contribution is -0.138. The second-order valence-electron chi connectivity index (χ2n) is 6.72. The van der Waals surface area contributed by atoms with Gasteiger partial charge in [-0.25, -0.2) is 0 Å². The van der Waals surface area contributed by atoms with E-state index in [1.165, 1.54) is 0 Å². The van der Waals surface area contributed by atoms with E-state index in [4.69, 9.17) is 22.4 Å². The normalized spacial score (nSPS) is 16.6. The van der Waals surface area contributed by atoms with E-state index in [9.17, 15) is 9.59 Å². The highest BCUT2D eigenvalue weighted by Crippen LogP contribution is 2.48. The maximum atomic E-state index is 13.0. The number of carboxylic acid groups (broad SMARTS) is 1. The molecule has 2 aromatic rings. The number of hydrogen-bond acceptors (Lipinski definition) is 3. The lowest BCUT2D eigenvalue weighted by atomic mass is 9.86. The number of carbonyl (C=O) groups is 2. The third-order valence-electron chi connectivity index (χ3n) is 4.59. The van der Waals surface area contributed by atoms with E-state index in [-0.39, 0.29) is 12.3 Å². The molecule has 3 N–H and O–H groups in total. The van der Waals surface area contributed by atoms with Crippen LogP contribution in [0.3, 0.4) is 0 Å². The largest absolute Gasteiger partial charge is 0.480 e. The summed E-state index contributed by atoms with van der Waals surface area (Å²) in [6.07, 6.45) is 0.229. The minimum absolute atomic E-state index is 0.0504. The van der Waals surface area contributed by atoms with Crippen LogP contribution in [0.1, 0.15) is 25.0 Å². The van der Waals surface area contributed by atoms with Gasteiger partial charge in [0, 0.05) is 5.69 Å². The molecule has 0 saturated carbocycles. The third kappa shape index (κ3) is 2.90. The molecule has 1 heterocycles. The summed E-state index contributed by atoms with van der Waals surface area (Å²) in [4.78, 5) is 25.5. The Balaban J connectivity index is 1.98. The van der Waals surface area contributed by atoms with Crippen LogP contribution in [-0.2, 0) is 21.4 Å². The average molecular weight is 359 g/mol. The number of halogens is 1. The van der Waals surface area contributed by atoms with Crippen LogP contribution < -0.4 is 10.6 Å². The van der Waals surface area contributed by atoms with Crippen LogP contribution >= 0.6 is 11.6 Å². The predicted molar refractivity (Wildman–Crippen MR) is 97.4 cm³/mol. The first-order valence-corrected chi connectivity index (χ1v) is 8.32. The predicted octanol–water partition coefficient (Wildman–Crippen LogP) is 3.25. The minimum atomic E-state index is -1.04. The Morgan fingerprint density at radius 3 is 2.48 bits per heavy atom. The molecule has 3 rings (SSSR count). The van der Waals surface area contributed by atoms with Crippen molar-refractivity contribution >= 4 is 34.9 Å². The van der Waals surface area contributed by atoms with Gasteiger partial charge in [0.1, 0.15) is 6.04 Å². The number of fused-ring (bicyclic) bond motifs is 1. The van der Waals surface area contributed by atoms with Crippen LogP contribution in [0.2, 0.25) is 5.02 Å². The van der Waals surface area contributed by atoms with Gasteiger partial charge in [0.2, 0.25) is 5.91 Å². The molecule has 0 saturated heterocycles. The van der Waals surface area contributed by atoms with Crippen molar-refractivity contribution in [3.8, 4) is 0 Å². The standard InChI is InChI=1S/C19H19ClN2O3/c1-19(2)13-4-3-5-14(20)16(13)22(18(19)25)12-8-6-11(7-9-12)10-15(21)17(23)24/h3-9,15H,10,21H2,1-2H3,(H,23,24). The fraction of sp³-hybridized carbons (Fsp3) is 0.263. The van der Waals surface area contributed by atoms with Crippen molar-refractivity contribution in [2.24, 2.45) is 5.73 Å². The smallest absolute Gasteiger partial charge is 0.320 e. The quantitative estimate of drug-likeness (QED) is 0.878. The van der Waals surface area contributed by atoms with Gasteiger partial charge in [0.15, 0.2) is 0 Å². The summed E-state index contributed by atoms with van der Waals surface area (Å²) < 4.78 is 0. The Morgan fingerprint density at radius 2 is 1.88 bits per heavy atom. The molecule has 0 aliphatic carbocycles. The molecule has 0 fully saturated rings. The molecule has 1 aliphatic heterocycles. The van der Waals surface area contributed by atoms with E-state index >= 15 is 0 Å². The number of carbonyl (C=O) groups excluding carboxylic acids is 1. The minimum Gasteiger partial charge on any atom is -0.480 e. The Hall–Kier alpha value is -2.37. The molecule has 1 amide bonds. The second kappa shape index (κ2) is 6.17. The number of nitrogens with zero attached hydrogens (tertiary/aromatic N) is 1. The molecule has 1 unspecified atom stereocenters. The third-order valence-corrected chi connectivity index (χ3v) is 4.89. The zero-order valence-corrected chi connectivity index (χ0v) is 14.7. The van der Waals surface area contributed by atoms with Crippen molar-refractivity contribution in [2.45, 2.75) is 31.7 Å². The summed E-state index contributed by atoms with van der Waals surface area (Å²) in [5.41, 5.74) is 7.99. The van der Waals surface area contributed by atoms with Gasteiger partial charge in [0.25, 0.3) is 0 Å². The van der Waals surface area contributed by atoms with E-state index < -0.39 is 17.4 Å². The summed E-state index contributed by atoms with van der Waals surface area (Å²) in [5, 5.41) is 9.43. The zero-order valence-electron chi connectivity index (χ0n) is 14.0. The molecular formula is C19H19ClN2O3. The van der Waals surface area contributed by atoms with E-state index in [0.29, 0.717) is 16.4 Å². The van der Waals surface area contributed by atoms with Gasteiger partial charge in [0.05, 0.1) is 16.1 Å². The highest BCUT2D eigenvalue weighted by atomic mass is 35.5. The van der Waals surface area contributed by atoms with Crippen LogP contribution in [0, 0.1) is 0 Å². The van der Waals surface area contributed by atoms with E-state index in [0.717, 1.165) is 11.1 Å². The monoisotopic (exact) mass is 358 g/mol. The van der Waals surface area contributed by atoms with Gasteiger partial charge < -0.3 is 10.8 Å². The van der Waals surface area contributed by atoms with Crippen LogP contribution in [0.5, 0.6) is 0 Å². The summed E-state index contributed by atoms with van der Waals surface area (Å²) in [6.45, 7) is 3.76. The average Bonchev–Trinajstić information content (AvgIpc) is 2.77. The maximum Gasteiger partial charge on any atom is 0.320 e. The highest BCUT2D eigenvalue weighted by Gasteiger charge is 2.45. The van der Waals surface area contributed by atoms with Crippen LogP contribution in [0.4, 0.5) is 11.4 Å². The summed E-state index contributed by atoms with van der Waals surface area (Å²) >= 11 is 6.37. The van der Waals surface area contributed by atoms with Gasteiger partial charge in [-0.05, 0) is 49.6 Å². The number of hydrogen-bond donors (Lipinski definition) is 2. The van der Waals surface area contributed by atoms with Gasteiger partial charge in [-0.1, -0.05) is 35.9 Å². The number of nitrogens with two attached hydrogens (primary N) is 1. The van der Waals surface area contributed by atoms with Crippen LogP contribution in [0.15, 0.2) is 42.5 Å². The van der Waals surface area contributed by atoms with E-state index in [1.807, 2.05) is 26.0 Å². The number of carboxylic acids is 1. The van der Waals surface area contributed by atoms with Crippen molar-refractivity contribution in [2.75, 3.05) is 4.90 Å². The Bertz CT molecular complexity index is 846. The number of amides is 1. The molecular weight excluding hydrogens is 340 g/mol. The number of anilines is 2. The molecule has 0 spiro atoms. The van der Waals surface area contributed by atoms with Crippen molar-refractivity contribution < 1.29 is 14.7 Å². The summed E-state index contributed by atoms with van der Waals surface area (Å²) in [6, 6.07) is 11.7. The fourth-order valence-corrected chi connectivity index (χ4v) is 3.37. The highest BCUT2D eigenvalue weighted by molar-refractivity contribution is 6.35. The molecule has 2 aromatic carbocycles. The van der Waals surface area contributed by atoms with Crippen molar-refractivity contribution in [3.63, 3.8) is 0 Å². The first-order chi connectivity index (χ1) is 11.7. The SMILES string of the molecule is CC1(C)C(=O)N(c2ccc(CC(N)C(=O)O)cc2)c2c(Cl)cccc21. The number of para-hydroxylation sites is 1. The molecule has 1 atom stereocenters. The number of rotatable bonds is 4. The van der Waals surface area contributed by atoms with Crippen molar-refractivity contribution in [1.29, 1.82) is 0 Å². The summed E-state index contributed by atoms with van der Waals surface area (Å²) in [7, 11) is 0. The van der Waals surface area contributed by atoms with Gasteiger partial charge >= 0.3 is 5.97 Å². The number of aliphatic carboxylic acids is 1. The lowest BCUT2D eigenvalue weighted by Crippen LogP contribution is -2.33. The van der Waals surface area contributed by atoms with Gasteiger partial charge in [-0.3, -0.25) is 14.5 Å². The van der Waals surface area contributed by atoms with Crippen molar-refractivity contribution in [3.05, 3.63) is 58.6 Å². The molecule has 130 valence electrons.